The van der Waals surface area contributed by atoms with Crippen molar-refractivity contribution < 1.29 is 0 Å². The van der Waals surface area contributed by atoms with Gasteiger partial charge in [-0.05, 0) is 29.9 Å². The van der Waals surface area contributed by atoms with Crippen LogP contribution in [0.4, 0.5) is 5.69 Å². The Morgan fingerprint density at radius 2 is 1.76 bits per heavy atom. The van der Waals surface area contributed by atoms with Gasteiger partial charge in [0, 0.05) is 25.0 Å². The van der Waals surface area contributed by atoms with Crippen LogP contribution in [0.15, 0.2) is 43.0 Å². The van der Waals surface area contributed by atoms with Crippen LogP contribution in [-0.2, 0) is 6.54 Å². The van der Waals surface area contributed by atoms with Crippen LogP contribution in [0.1, 0.15) is 29.9 Å². The summed E-state index contributed by atoms with van der Waals surface area (Å²) in [5.41, 5.74) is 10.0. The Labute approximate surface area is 125 Å². The van der Waals surface area contributed by atoms with Gasteiger partial charge in [0.2, 0.25) is 0 Å². The summed E-state index contributed by atoms with van der Waals surface area (Å²) in [7, 11) is 0. The highest BCUT2D eigenvalue weighted by Crippen LogP contribution is 2.56. The zero-order valence-electron chi connectivity index (χ0n) is 12.1. The number of hydrogen-bond acceptors (Lipinski definition) is 4. The quantitative estimate of drug-likeness (QED) is 0.937. The van der Waals surface area contributed by atoms with Gasteiger partial charge in [-0.2, -0.15) is 0 Å². The van der Waals surface area contributed by atoms with Crippen LogP contribution in [0.2, 0.25) is 0 Å². The lowest BCUT2D eigenvalue weighted by Gasteiger charge is -2.60. The first-order valence-electron chi connectivity index (χ1n) is 7.57. The molecular weight excluding hydrogens is 260 g/mol. The summed E-state index contributed by atoms with van der Waals surface area (Å²) in [5.74, 6) is 0.728. The Kier molecular flexibility index (Phi) is 2.93. The van der Waals surface area contributed by atoms with Gasteiger partial charge in [-0.15, -0.1) is 0 Å². The second-order valence-corrected chi connectivity index (χ2v) is 6.50. The molecule has 1 aromatic carbocycles. The van der Waals surface area contributed by atoms with Gasteiger partial charge < -0.3 is 10.6 Å². The lowest BCUT2D eigenvalue weighted by atomic mass is 9.56. The van der Waals surface area contributed by atoms with Crippen molar-refractivity contribution in [1.82, 2.24) is 9.97 Å². The molecule has 2 aromatic rings. The normalized spacial score (nSPS) is 20.1. The Bertz CT molecular complexity index is 609. The topological polar surface area (TPSA) is 55.0 Å². The van der Waals surface area contributed by atoms with Crippen LogP contribution in [0, 0.1) is 5.41 Å². The van der Waals surface area contributed by atoms with Gasteiger partial charge >= 0.3 is 0 Å². The standard InChI is InChI=1S/C17H20N4/c18-7-13-1-3-14(4-2-13)15-5-17(6-15)10-21(11-17)16-8-19-12-20-9-16/h1-4,8-9,12,15H,5-7,10-11,18H2. The fourth-order valence-corrected chi connectivity index (χ4v) is 3.81. The van der Waals surface area contributed by atoms with Crippen LogP contribution >= 0.6 is 0 Å². The van der Waals surface area contributed by atoms with E-state index in [4.69, 9.17) is 5.73 Å². The molecular formula is C17H20N4. The highest BCUT2D eigenvalue weighted by Gasteiger charge is 2.52. The summed E-state index contributed by atoms with van der Waals surface area (Å²) < 4.78 is 0. The Morgan fingerprint density at radius 3 is 2.38 bits per heavy atom. The zero-order valence-corrected chi connectivity index (χ0v) is 12.1. The molecule has 2 heterocycles. The minimum absolute atomic E-state index is 0.535. The smallest absolute Gasteiger partial charge is 0.115 e. The molecule has 0 atom stereocenters. The molecule has 4 heteroatoms. The maximum absolute atomic E-state index is 5.65. The maximum atomic E-state index is 5.65. The lowest BCUT2D eigenvalue weighted by Crippen LogP contribution is -2.61. The fourth-order valence-electron chi connectivity index (χ4n) is 3.81. The molecule has 2 fully saturated rings. The predicted octanol–water partition coefficient (Wildman–Crippen LogP) is 2.32. The third-order valence-corrected chi connectivity index (χ3v) is 5.01. The van der Waals surface area contributed by atoms with Crippen molar-refractivity contribution in [1.29, 1.82) is 0 Å². The van der Waals surface area contributed by atoms with Crippen molar-refractivity contribution in [2.45, 2.75) is 25.3 Å². The predicted molar refractivity (Wildman–Crippen MR) is 83.0 cm³/mol. The average Bonchev–Trinajstić information content (AvgIpc) is 2.46. The van der Waals surface area contributed by atoms with Crippen LogP contribution in [0.5, 0.6) is 0 Å². The second kappa shape index (κ2) is 4.81. The number of nitrogens with two attached hydrogens (primary N) is 1. The van der Waals surface area contributed by atoms with E-state index in [9.17, 15) is 0 Å². The molecule has 1 aliphatic heterocycles. The van der Waals surface area contributed by atoms with Crippen molar-refractivity contribution in [3.63, 3.8) is 0 Å². The zero-order chi connectivity index (χ0) is 14.3. The number of anilines is 1. The lowest BCUT2D eigenvalue weighted by molar-refractivity contribution is 0.0633. The minimum Gasteiger partial charge on any atom is -0.368 e. The molecule has 0 amide bonds. The minimum atomic E-state index is 0.535. The van der Waals surface area contributed by atoms with E-state index in [0.717, 1.165) is 24.7 Å². The highest BCUT2D eigenvalue weighted by atomic mass is 15.2. The molecule has 1 spiro atoms. The molecule has 108 valence electrons. The van der Waals surface area contributed by atoms with Crippen LogP contribution < -0.4 is 10.6 Å². The van der Waals surface area contributed by atoms with Crippen molar-refractivity contribution in [3.8, 4) is 0 Å². The fraction of sp³-hybridized carbons (Fsp3) is 0.412. The van der Waals surface area contributed by atoms with Crippen LogP contribution in [0.3, 0.4) is 0 Å². The number of nitrogens with zero attached hydrogens (tertiary/aromatic N) is 3. The molecule has 4 nitrogen and oxygen atoms in total. The van der Waals surface area contributed by atoms with Gasteiger partial charge in [-0.1, -0.05) is 24.3 Å². The van der Waals surface area contributed by atoms with E-state index in [2.05, 4.69) is 39.1 Å². The third kappa shape index (κ3) is 2.20. The third-order valence-electron chi connectivity index (χ3n) is 5.01. The molecule has 1 saturated carbocycles. The Hall–Kier alpha value is -1.94. The van der Waals surface area contributed by atoms with Crippen molar-refractivity contribution >= 4 is 5.69 Å². The summed E-state index contributed by atoms with van der Waals surface area (Å²) >= 11 is 0. The molecule has 21 heavy (non-hydrogen) atoms. The molecule has 0 bridgehead atoms. The van der Waals surface area contributed by atoms with Gasteiger partial charge in [0.25, 0.3) is 0 Å². The molecule has 1 saturated heterocycles. The Morgan fingerprint density at radius 1 is 1.10 bits per heavy atom. The number of aromatic nitrogens is 2. The van der Waals surface area contributed by atoms with E-state index >= 15 is 0 Å². The van der Waals surface area contributed by atoms with E-state index in [1.54, 1.807) is 6.33 Å². The summed E-state index contributed by atoms with van der Waals surface area (Å²) in [6.45, 7) is 2.93. The van der Waals surface area contributed by atoms with Gasteiger partial charge in [0.05, 0.1) is 18.1 Å². The van der Waals surface area contributed by atoms with E-state index in [-0.39, 0.29) is 0 Å². The monoisotopic (exact) mass is 280 g/mol. The summed E-state index contributed by atoms with van der Waals surface area (Å²) in [6.07, 6.45) is 8.00. The van der Waals surface area contributed by atoms with Crippen LogP contribution in [-0.4, -0.2) is 23.1 Å². The first kappa shape index (κ1) is 12.8. The molecule has 0 radical (unpaired) electrons. The molecule has 2 aliphatic rings. The Balaban J connectivity index is 1.36. The second-order valence-electron chi connectivity index (χ2n) is 6.50. The van der Waals surface area contributed by atoms with Gasteiger partial charge in [-0.3, -0.25) is 0 Å². The summed E-state index contributed by atoms with van der Waals surface area (Å²) in [4.78, 5) is 10.6. The van der Waals surface area contributed by atoms with E-state index in [0.29, 0.717) is 12.0 Å². The van der Waals surface area contributed by atoms with Gasteiger partial charge in [0.1, 0.15) is 6.33 Å². The first-order chi connectivity index (χ1) is 10.3. The highest BCUT2D eigenvalue weighted by molar-refractivity contribution is 5.47. The maximum Gasteiger partial charge on any atom is 0.115 e. The van der Waals surface area contributed by atoms with Crippen LogP contribution in [0.25, 0.3) is 0 Å². The van der Waals surface area contributed by atoms with Gasteiger partial charge in [0.15, 0.2) is 0 Å². The average molecular weight is 280 g/mol. The van der Waals surface area contributed by atoms with Crippen molar-refractivity contribution in [2.75, 3.05) is 18.0 Å². The number of hydrogen-bond donors (Lipinski definition) is 1. The van der Waals surface area contributed by atoms with Crippen molar-refractivity contribution in [3.05, 3.63) is 54.1 Å². The van der Waals surface area contributed by atoms with Gasteiger partial charge in [-0.25, -0.2) is 9.97 Å². The summed E-state index contributed by atoms with van der Waals surface area (Å²) in [5, 5.41) is 0. The SMILES string of the molecule is NCc1ccc(C2CC3(C2)CN(c2cncnc2)C3)cc1. The molecule has 1 aromatic heterocycles. The molecule has 1 aliphatic carbocycles. The first-order valence-corrected chi connectivity index (χ1v) is 7.57. The summed E-state index contributed by atoms with van der Waals surface area (Å²) in [6, 6.07) is 8.83. The van der Waals surface area contributed by atoms with E-state index in [1.807, 2.05) is 12.4 Å². The molecule has 4 rings (SSSR count). The van der Waals surface area contributed by atoms with Crippen molar-refractivity contribution in [2.24, 2.45) is 11.1 Å². The molecule has 0 unspecified atom stereocenters. The van der Waals surface area contributed by atoms with E-state index < -0.39 is 0 Å². The number of rotatable bonds is 3. The molecule has 2 N–H and O–H groups in total. The number of benzene rings is 1. The van der Waals surface area contributed by atoms with E-state index in [1.165, 1.54) is 24.0 Å². The largest absolute Gasteiger partial charge is 0.368 e.